The van der Waals surface area contributed by atoms with Gasteiger partial charge in [0.2, 0.25) is 0 Å². The summed E-state index contributed by atoms with van der Waals surface area (Å²) in [6.45, 7) is 0. The summed E-state index contributed by atoms with van der Waals surface area (Å²) in [6, 6.07) is 3.84. The molecule has 0 unspecified atom stereocenters. The predicted octanol–water partition coefficient (Wildman–Crippen LogP) is 0.593. The molecule has 6 nitrogen and oxygen atoms in total. The molecule has 68 valence electrons. The van der Waals surface area contributed by atoms with Gasteiger partial charge in [-0.1, -0.05) is 0 Å². The summed E-state index contributed by atoms with van der Waals surface area (Å²) in [5.41, 5.74) is 0.166. The number of nitrogens with zero attached hydrogens (tertiary/aromatic N) is 2. The summed E-state index contributed by atoms with van der Waals surface area (Å²) in [6.07, 6.45) is 1.28. The maximum Gasteiger partial charge on any atom is 0.310 e. The van der Waals surface area contributed by atoms with E-state index < -0.39 is 10.7 Å². The Bertz CT molecular complexity index is 362. The van der Waals surface area contributed by atoms with Crippen molar-refractivity contribution < 1.29 is 10.0 Å². The molecule has 0 heterocycles. The smallest absolute Gasteiger partial charge is 0.310 e. The van der Waals surface area contributed by atoms with Gasteiger partial charge in [0.15, 0.2) is 5.75 Å². The van der Waals surface area contributed by atoms with E-state index in [1.165, 1.54) is 24.4 Å². The van der Waals surface area contributed by atoms with Crippen LogP contribution in [0.15, 0.2) is 23.3 Å². The highest BCUT2D eigenvalue weighted by molar-refractivity contribution is 5.80. The summed E-state index contributed by atoms with van der Waals surface area (Å²) < 4.78 is 0. The molecular formula is C7H7N3O3. The van der Waals surface area contributed by atoms with Gasteiger partial charge < -0.3 is 10.9 Å². The molecule has 0 radical (unpaired) electrons. The number of rotatable bonds is 2. The van der Waals surface area contributed by atoms with Gasteiger partial charge in [-0.15, -0.1) is 0 Å². The lowest BCUT2D eigenvalue weighted by Crippen LogP contribution is -1.91. The SMILES string of the molecule is NN=Cc1ccc([N+](=O)[O-])c(O)c1. The summed E-state index contributed by atoms with van der Waals surface area (Å²) in [5, 5.41) is 22.6. The number of hydrazone groups is 1. The van der Waals surface area contributed by atoms with Crippen LogP contribution in [0.4, 0.5) is 5.69 Å². The van der Waals surface area contributed by atoms with Crippen LogP contribution in [0.3, 0.4) is 0 Å². The first kappa shape index (κ1) is 8.98. The average molecular weight is 181 g/mol. The molecule has 0 aliphatic heterocycles. The second kappa shape index (κ2) is 3.53. The van der Waals surface area contributed by atoms with Crippen LogP contribution in [0.5, 0.6) is 5.75 Å². The minimum absolute atomic E-state index is 0.339. The quantitative estimate of drug-likeness (QED) is 0.301. The number of phenolic OH excluding ortho intramolecular Hbond substituents is 1. The molecule has 0 amide bonds. The molecule has 0 saturated heterocycles. The van der Waals surface area contributed by atoms with Gasteiger partial charge in [-0.25, -0.2) is 0 Å². The van der Waals surface area contributed by atoms with Crippen molar-refractivity contribution in [2.45, 2.75) is 0 Å². The van der Waals surface area contributed by atoms with Crippen LogP contribution in [-0.2, 0) is 0 Å². The van der Waals surface area contributed by atoms with E-state index in [1.807, 2.05) is 0 Å². The second-order valence-electron chi connectivity index (χ2n) is 2.28. The zero-order valence-corrected chi connectivity index (χ0v) is 6.54. The van der Waals surface area contributed by atoms with E-state index in [2.05, 4.69) is 5.10 Å². The second-order valence-corrected chi connectivity index (χ2v) is 2.28. The van der Waals surface area contributed by atoms with Crippen LogP contribution in [0.2, 0.25) is 0 Å². The minimum Gasteiger partial charge on any atom is -0.502 e. The predicted molar refractivity (Wildman–Crippen MR) is 46.5 cm³/mol. The Hall–Kier alpha value is -2.11. The van der Waals surface area contributed by atoms with Crippen molar-refractivity contribution in [2.75, 3.05) is 0 Å². The molecule has 0 spiro atoms. The molecule has 1 rings (SSSR count). The zero-order chi connectivity index (χ0) is 9.84. The fraction of sp³-hybridized carbons (Fsp3) is 0. The molecule has 0 atom stereocenters. The molecular weight excluding hydrogens is 174 g/mol. The van der Waals surface area contributed by atoms with E-state index in [0.717, 1.165) is 0 Å². The summed E-state index contributed by atoms with van der Waals surface area (Å²) in [5.74, 6) is 4.46. The monoisotopic (exact) mass is 181 g/mol. The van der Waals surface area contributed by atoms with Gasteiger partial charge in [0, 0.05) is 6.07 Å². The summed E-state index contributed by atoms with van der Waals surface area (Å²) >= 11 is 0. The first-order valence-electron chi connectivity index (χ1n) is 3.36. The molecule has 3 N–H and O–H groups in total. The van der Waals surface area contributed by atoms with Crippen LogP contribution in [0.1, 0.15) is 5.56 Å². The van der Waals surface area contributed by atoms with Crippen molar-refractivity contribution in [2.24, 2.45) is 10.9 Å². The van der Waals surface area contributed by atoms with Gasteiger partial charge in [-0.05, 0) is 17.7 Å². The van der Waals surface area contributed by atoms with E-state index in [1.54, 1.807) is 0 Å². The van der Waals surface area contributed by atoms with Crippen LogP contribution in [0, 0.1) is 10.1 Å². The fourth-order valence-electron chi connectivity index (χ4n) is 0.861. The summed E-state index contributed by atoms with van der Waals surface area (Å²) in [7, 11) is 0. The topological polar surface area (TPSA) is 102 Å². The number of nitro benzene ring substituents is 1. The van der Waals surface area contributed by atoms with E-state index in [9.17, 15) is 10.1 Å². The first-order valence-corrected chi connectivity index (χ1v) is 3.36. The Morgan fingerprint density at radius 3 is 2.77 bits per heavy atom. The Balaban J connectivity index is 3.12. The molecule has 0 fully saturated rings. The maximum absolute atomic E-state index is 10.3. The number of nitro groups is 1. The Labute approximate surface area is 73.4 Å². The van der Waals surface area contributed by atoms with Gasteiger partial charge in [0.25, 0.3) is 0 Å². The molecule has 13 heavy (non-hydrogen) atoms. The normalized spacial score (nSPS) is 10.5. The van der Waals surface area contributed by atoms with Crippen LogP contribution in [-0.4, -0.2) is 16.2 Å². The number of hydrogen-bond donors (Lipinski definition) is 2. The van der Waals surface area contributed by atoms with Crippen LogP contribution >= 0.6 is 0 Å². The Morgan fingerprint density at radius 1 is 1.62 bits per heavy atom. The first-order chi connectivity index (χ1) is 6.15. The van der Waals surface area contributed by atoms with Gasteiger partial charge in [-0.3, -0.25) is 10.1 Å². The molecule has 0 aliphatic carbocycles. The molecule has 1 aromatic carbocycles. The van der Waals surface area contributed by atoms with Gasteiger partial charge in [-0.2, -0.15) is 5.10 Å². The van der Waals surface area contributed by atoms with Crippen molar-refractivity contribution in [3.05, 3.63) is 33.9 Å². The van der Waals surface area contributed by atoms with E-state index in [0.29, 0.717) is 5.56 Å². The minimum atomic E-state index is -0.668. The van der Waals surface area contributed by atoms with Crippen LogP contribution in [0.25, 0.3) is 0 Å². The number of nitrogens with two attached hydrogens (primary N) is 1. The Morgan fingerprint density at radius 2 is 2.31 bits per heavy atom. The van der Waals surface area contributed by atoms with E-state index >= 15 is 0 Å². The lowest BCUT2D eigenvalue weighted by atomic mass is 10.2. The fourth-order valence-corrected chi connectivity index (χ4v) is 0.861. The third-order valence-corrected chi connectivity index (χ3v) is 1.42. The lowest BCUT2D eigenvalue weighted by molar-refractivity contribution is -0.385. The van der Waals surface area contributed by atoms with Crippen molar-refractivity contribution in [3.63, 3.8) is 0 Å². The molecule has 6 heteroatoms. The van der Waals surface area contributed by atoms with Crippen molar-refractivity contribution in [3.8, 4) is 5.75 Å². The molecule has 0 bridgehead atoms. The summed E-state index contributed by atoms with van der Waals surface area (Å²) in [4.78, 5) is 9.61. The number of phenols is 1. The van der Waals surface area contributed by atoms with E-state index in [4.69, 9.17) is 10.9 Å². The standard InChI is InChI=1S/C7H7N3O3/c8-9-4-5-1-2-6(10(12)13)7(11)3-5/h1-4,11H,8H2. The lowest BCUT2D eigenvalue weighted by Gasteiger charge is -1.96. The Kier molecular flexibility index (Phi) is 2.44. The maximum atomic E-state index is 10.3. The van der Waals surface area contributed by atoms with Gasteiger partial charge in [0.1, 0.15) is 0 Å². The number of hydrogen-bond acceptors (Lipinski definition) is 5. The molecule has 1 aromatic rings. The van der Waals surface area contributed by atoms with Crippen molar-refractivity contribution in [1.29, 1.82) is 0 Å². The highest BCUT2D eigenvalue weighted by Gasteiger charge is 2.11. The molecule has 0 saturated carbocycles. The third-order valence-electron chi connectivity index (χ3n) is 1.42. The average Bonchev–Trinajstić information content (AvgIpc) is 2.04. The molecule has 0 aromatic heterocycles. The van der Waals surface area contributed by atoms with Gasteiger partial charge in [0.05, 0.1) is 11.1 Å². The largest absolute Gasteiger partial charge is 0.502 e. The zero-order valence-electron chi connectivity index (χ0n) is 6.54. The highest BCUT2D eigenvalue weighted by atomic mass is 16.6. The van der Waals surface area contributed by atoms with Crippen molar-refractivity contribution >= 4 is 11.9 Å². The molecule has 0 aliphatic rings. The van der Waals surface area contributed by atoms with Crippen molar-refractivity contribution in [1.82, 2.24) is 0 Å². The van der Waals surface area contributed by atoms with Crippen LogP contribution < -0.4 is 5.84 Å². The number of aromatic hydroxyl groups is 1. The third kappa shape index (κ3) is 1.92. The number of benzene rings is 1. The van der Waals surface area contributed by atoms with Gasteiger partial charge >= 0.3 is 5.69 Å². The van der Waals surface area contributed by atoms with E-state index in [-0.39, 0.29) is 5.69 Å². The highest BCUT2D eigenvalue weighted by Crippen LogP contribution is 2.25.